The van der Waals surface area contributed by atoms with Gasteiger partial charge in [0.2, 0.25) is 0 Å². The van der Waals surface area contributed by atoms with Crippen LogP contribution in [0.4, 0.5) is 0 Å². The quantitative estimate of drug-likeness (QED) is 0.0257. The molecule has 97 heavy (non-hydrogen) atoms. The molecule has 0 unspecified atom stereocenters. The number of benzene rings is 6. The largest absolute Gasteiger partial charge is 6.00 e. The first-order valence-corrected chi connectivity index (χ1v) is 36.2. The molecule has 6 aromatic carbocycles. The van der Waals surface area contributed by atoms with E-state index in [9.17, 15) is 59.4 Å². The van der Waals surface area contributed by atoms with Crippen molar-refractivity contribution in [2.75, 3.05) is 0 Å². The van der Waals surface area contributed by atoms with Crippen LogP contribution in [0, 0.1) is 0 Å². The fourth-order valence-corrected chi connectivity index (χ4v) is 10.4. The minimum atomic E-state index is -1.10. The minimum Gasteiger partial charge on any atom is -0.545 e. The molecule has 0 spiro atoms. The zero-order valence-electron chi connectivity index (χ0n) is 59.6. The standard InChI is InChI=1S/6C14H20O2.Mo/c6*1-2-3-4-5-6-7-12-8-10-13(11-9-12)14(15)16;/h6*8-11H,2-7H2,1H3,(H,15,16);/q;;;;;;+6/p-6. The number of carbonyl (C=O) groups excluding carboxylic acids is 6. The van der Waals surface area contributed by atoms with Crippen molar-refractivity contribution in [1.29, 1.82) is 0 Å². The summed E-state index contributed by atoms with van der Waals surface area (Å²) in [6.07, 6.45) is 44.1. The molecule has 0 saturated carbocycles. The summed E-state index contributed by atoms with van der Waals surface area (Å²) in [5.74, 6) is -6.61. The normalized spacial score (nSPS) is 10.2. The average Bonchev–Trinajstić information content (AvgIpc) is 2.49. The first-order valence-electron chi connectivity index (χ1n) is 36.2. The Morgan fingerprint density at radius 3 is 0.381 bits per heavy atom. The van der Waals surface area contributed by atoms with Gasteiger partial charge in [-0.3, -0.25) is 0 Å². The van der Waals surface area contributed by atoms with Crippen molar-refractivity contribution < 1.29 is 80.5 Å². The molecule has 0 bridgehead atoms. The first kappa shape index (κ1) is 89.8. The van der Waals surface area contributed by atoms with E-state index < -0.39 is 35.8 Å². The van der Waals surface area contributed by atoms with Crippen LogP contribution in [0.15, 0.2) is 146 Å². The van der Waals surface area contributed by atoms with Crippen LogP contribution in [0.2, 0.25) is 0 Å². The number of carboxylic acids is 6. The second-order valence-electron chi connectivity index (χ2n) is 24.9. The van der Waals surface area contributed by atoms with Crippen LogP contribution < -0.4 is 30.6 Å². The molecule has 6 aromatic rings. The summed E-state index contributed by atoms with van der Waals surface area (Å²) in [6, 6.07) is 42.0. The van der Waals surface area contributed by atoms with E-state index in [1.807, 2.05) is 72.8 Å². The van der Waals surface area contributed by atoms with Crippen molar-refractivity contribution in [2.45, 2.75) is 273 Å². The Bertz CT molecular complexity index is 2420. The maximum Gasteiger partial charge on any atom is 6.00 e. The number of carbonyl (C=O) groups is 6. The summed E-state index contributed by atoms with van der Waals surface area (Å²) in [5.41, 5.74) is 8.81. The zero-order valence-corrected chi connectivity index (χ0v) is 61.6. The molecule has 528 valence electrons. The van der Waals surface area contributed by atoms with Crippen LogP contribution in [0.25, 0.3) is 0 Å². The molecule has 0 saturated heterocycles. The molecule has 0 heterocycles. The molecule has 0 fully saturated rings. The van der Waals surface area contributed by atoms with E-state index in [-0.39, 0.29) is 54.4 Å². The van der Waals surface area contributed by atoms with Gasteiger partial charge in [0.25, 0.3) is 0 Å². The molecular weight excluding hydrogens is 1300 g/mol. The summed E-state index contributed by atoms with van der Waals surface area (Å²) in [7, 11) is 0. The van der Waals surface area contributed by atoms with Crippen LogP contribution in [0.1, 0.15) is 330 Å². The predicted molar refractivity (Wildman–Crippen MR) is 379 cm³/mol. The van der Waals surface area contributed by atoms with Crippen LogP contribution in [-0.2, 0) is 59.6 Å². The van der Waals surface area contributed by atoms with Crippen LogP contribution in [-0.4, -0.2) is 35.8 Å². The Morgan fingerprint density at radius 1 is 0.186 bits per heavy atom. The third-order valence-electron chi connectivity index (χ3n) is 16.6. The third-order valence-corrected chi connectivity index (χ3v) is 16.6. The fourth-order valence-electron chi connectivity index (χ4n) is 10.4. The second-order valence-corrected chi connectivity index (χ2v) is 24.9. The van der Waals surface area contributed by atoms with Crippen LogP contribution in [0.3, 0.4) is 0 Å². The number of rotatable bonds is 42. The van der Waals surface area contributed by atoms with Crippen molar-refractivity contribution in [3.8, 4) is 0 Å². The van der Waals surface area contributed by atoms with E-state index in [4.69, 9.17) is 0 Å². The van der Waals surface area contributed by atoms with Gasteiger partial charge < -0.3 is 59.4 Å². The van der Waals surface area contributed by atoms with Gasteiger partial charge in [0.1, 0.15) is 0 Å². The van der Waals surface area contributed by atoms with E-state index in [2.05, 4.69) is 41.5 Å². The molecule has 0 atom stereocenters. The molecule has 13 heteroatoms. The maximum atomic E-state index is 10.5. The Morgan fingerprint density at radius 2 is 0.289 bits per heavy atom. The Kier molecular flexibility index (Phi) is 55.6. The van der Waals surface area contributed by atoms with Gasteiger partial charge in [0, 0.05) is 0 Å². The van der Waals surface area contributed by atoms with E-state index in [1.165, 1.54) is 226 Å². The number of hydrogen-bond acceptors (Lipinski definition) is 12. The summed E-state index contributed by atoms with van der Waals surface area (Å²) in [4.78, 5) is 63.2. The van der Waals surface area contributed by atoms with Gasteiger partial charge in [0.15, 0.2) is 0 Å². The summed E-state index contributed by atoms with van der Waals surface area (Å²) >= 11 is 0. The van der Waals surface area contributed by atoms with Gasteiger partial charge in [-0.05, 0) is 144 Å². The number of hydrogen-bond donors (Lipinski definition) is 0. The smallest absolute Gasteiger partial charge is 0.545 e. The minimum absolute atomic E-state index is 0. The number of aryl methyl sites for hydroxylation is 6. The molecular formula is C84H114MoO12. The predicted octanol–water partition coefficient (Wildman–Crippen LogP) is 15.4. The van der Waals surface area contributed by atoms with E-state index in [0.29, 0.717) is 0 Å². The average molecular weight is 1410 g/mol. The third kappa shape index (κ3) is 47.4. The first-order chi connectivity index (χ1) is 46.4. The topological polar surface area (TPSA) is 241 Å². The summed E-state index contributed by atoms with van der Waals surface area (Å²) < 4.78 is 0. The number of carboxylic acid groups (broad SMARTS) is 6. The van der Waals surface area contributed by atoms with Gasteiger partial charge in [0.05, 0.1) is 35.8 Å². The molecule has 0 aromatic heterocycles. The van der Waals surface area contributed by atoms with Crippen molar-refractivity contribution >= 4 is 35.8 Å². The number of unbranched alkanes of at least 4 members (excludes halogenated alkanes) is 24. The van der Waals surface area contributed by atoms with Crippen molar-refractivity contribution in [3.05, 3.63) is 212 Å². The molecule has 6 rings (SSSR count). The van der Waals surface area contributed by atoms with Gasteiger partial charge in [-0.15, -0.1) is 0 Å². The van der Waals surface area contributed by atoms with Crippen molar-refractivity contribution in [2.24, 2.45) is 0 Å². The second kappa shape index (κ2) is 60.0. The van der Waals surface area contributed by atoms with Gasteiger partial charge in [-0.25, -0.2) is 0 Å². The van der Waals surface area contributed by atoms with E-state index in [0.717, 1.165) is 38.5 Å². The molecule has 12 nitrogen and oxygen atoms in total. The van der Waals surface area contributed by atoms with Gasteiger partial charge in [-0.1, -0.05) is 341 Å². The molecule has 0 amide bonds. The molecule has 0 aliphatic heterocycles. The summed E-state index contributed by atoms with van der Waals surface area (Å²) in [5, 5.41) is 63.2. The van der Waals surface area contributed by atoms with E-state index >= 15 is 0 Å². The Balaban J connectivity index is 0.00000114. The maximum absolute atomic E-state index is 10.5. The monoisotopic (exact) mass is 1410 g/mol. The van der Waals surface area contributed by atoms with Crippen LogP contribution >= 0.6 is 0 Å². The zero-order chi connectivity index (χ0) is 70.8. The summed E-state index contributed by atoms with van der Waals surface area (Å²) in [6.45, 7) is 13.2. The Hall–Kier alpha value is -7.17. The van der Waals surface area contributed by atoms with Gasteiger partial charge >= 0.3 is 21.1 Å². The molecule has 0 aliphatic rings. The molecule has 0 radical (unpaired) electrons. The Labute approximate surface area is 597 Å². The molecule has 0 aliphatic carbocycles. The molecule has 0 N–H and O–H groups in total. The van der Waals surface area contributed by atoms with Crippen molar-refractivity contribution in [3.63, 3.8) is 0 Å². The SMILES string of the molecule is CCCCCCCc1ccc(C(=O)[O-])cc1.CCCCCCCc1ccc(C(=O)[O-])cc1.CCCCCCCc1ccc(C(=O)[O-])cc1.CCCCCCCc1ccc(C(=O)[O-])cc1.CCCCCCCc1ccc(C(=O)[O-])cc1.CCCCCCCc1ccc(C(=O)[O-])cc1.[Mo+6]. The number of aromatic carboxylic acids is 6. The van der Waals surface area contributed by atoms with Crippen LogP contribution in [0.5, 0.6) is 0 Å². The fraction of sp³-hybridized carbons (Fsp3) is 0.500. The van der Waals surface area contributed by atoms with E-state index in [1.54, 1.807) is 72.8 Å². The van der Waals surface area contributed by atoms with Crippen molar-refractivity contribution in [1.82, 2.24) is 0 Å². The van der Waals surface area contributed by atoms with Gasteiger partial charge in [-0.2, -0.15) is 0 Å².